The summed E-state index contributed by atoms with van der Waals surface area (Å²) in [5.41, 5.74) is 2.29. The van der Waals surface area contributed by atoms with Gasteiger partial charge in [-0.3, -0.25) is 0 Å². The number of hydrogen-bond donors (Lipinski definition) is 0. The van der Waals surface area contributed by atoms with Gasteiger partial charge in [0.1, 0.15) is 5.75 Å². The Hall–Kier alpha value is -1.24. The fourth-order valence-corrected chi connectivity index (χ4v) is 2.19. The molecule has 1 fully saturated rings. The van der Waals surface area contributed by atoms with Gasteiger partial charge in [0.25, 0.3) is 0 Å². The Bertz CT molecular complexity index is 344. The first-order valence-corrected chi connectivity index (χ1v) is 6.18. The van der Waals surface area contributed by atoms with Crippen LogP contribution < -0.4 is 4.74 Å². The summed E-state index contributed by atoms with van der Waals surface area (Å²) >= 11 is 0. The number of allylic oxidation sites excluding steroid dienone is 1. The molecule has 0 radical (unpaired) electrons. The van der Waals surface area contributed by atoms with Crippen LogP contribution in [0.2, 0.25) is 0 Å². The van der Waals surface area contributed by atoms with Crippen LogP contribution in [-0.4, -0.2) is 6.10 Å². The Morgan fingerprint density at radius 2 is 1.75 bits per heavy atom. The van der Waals surface area contributed by atoms with E-state index >= 15 is 0 Å². The lowest BCUT2D eigenvalue weighted by Crippen LogP contribution is -2.19. The number of rotatable bonds is 3. The average Bonchev–Trinajstić information content (AvgIpc) is 2.31. The normalized spacial score (nSPS) is 17.1. The quantitative estimate of drug-likeness (QED) is 0.726. The van der Waals surface area contributed by atoms with Gasteiger partial charge in [0.05, 0.1) is 6.10 Å². The Labute approximate surface area is 98.1 Å². The van der Waals surface area contributed by atoms with E-state index in [-0.39, 0.29) is 0 Å². The first-order valence-electron chi connectivity index (χ1n) is 6.18. The highest BCUT2D eigenvalue weighted by Crippen LogP contribution is 2.24. The van der Waals surface area contributed by atoms with Crippen molar-refractivity contribution in [2.75, 3.05) is 0 Å². The van der Waals surface area contributed by atoms with E-state index < -0.39 is 0 Å². The largest absolute Gasteiger partial charge is 0.490 e. The first-order chi connectivity index (χ1) is 7.75. The van der Waals surface area contributed by atoms with E-state index in [2.05, 4.69) is 30.8 Å². The summed E-state index contributed by atoms with van der Waals surface area (Å²) in [6.45, 7) is 5.95. The predicted octanol–water partition coefficient (Wildman–Crippen LogP) is 4.43. The monoisotopic (exact) mass is 216 g/mol. The number of benzene rings is 1. The molecule has 1 nitrogen and oxygen atoms in total. The molecule has 0 aromatic heterocycles. The minimum atomic E-state index is 0.435. The van der Waals surface area contributed by atoms with Gasteiger partial charge >= 0.3 is 0 Å². The van der Waals surface area contributed by atoms with Crippen molar-refractivity contribution < 1.29 is 4.74 Å². The second-order valence-corrected chi connectivity index (χ2v) is 4.68. The van der Waals surface area contributed by atoms with Crippen molar-refractivity contribution in [3.05, 3.63) is 36.4 Å². The van der Waals surface area contributed by atoms with E-state index in [1.807, 2.05) is 6.92 Å². The summed E-state index contributed by atoms with van der Waals surface area (Å²) in [6.07, 6.45) is 6.85. The summed E-state index contributed by atoms with van der Waals surface area (Å²) in [5.74, 6) is 0.997. The van der Waals surface area contributed by atoms with E-state index in [0.29, 0.717) is 6.10 Å². The highest BCUT2D eigenvalue weighted by molar-refractivity contribution is 5.61. The molecule has 1 aliphatic rings. The molecule has 1 aromatic carbocycles. The molecule has 0 amide bonds. The summed E-state index contributed by atoms with van der Waals surface area (Å²) < 4.78 is 5.96. The molecule has 1 heteroatoms. The maximum Gasteiger partial charge on any atom is 0.119 e. The van der Waals surface area contributed by atoms with Crippen LogP contribution >= 0.6 is 0 Å². The third kappa shape index (κ3) is 2.88. The fraction of sp³-hybridized carbons (Fsp3) is 0.467. The van der Waals surface area contributed by atoms with Crippen LogP contribution in [0.3, 0.4) is 0 Å². The number of ether oxygens (including phenoxy) is 1. The third-order valence-corrected chi connectivity index (χ3v) is 3.20. The molecule has 16 heavy (non-hydrogen) atoms. The van der Waals surface area contributed by atoms with Gasteiger partial charge < -0.3 is 4.74 Å². The minimum Gasteiger partial charge on any atom is -0.490 e. The Morgan fingerprint density at radius 3 is 2.31 bits per heavy atom. The van der Waals surface area contributed by atoms with Gasteiger partial charge in [-0.25, -0.2) is 0 Å². The van der Waals surface area contributed by atoms with Crippen LogP contribution in [0, 0.1) is 0 Å². The molecule has 0 unspecified atom stereocenters. The molecule has 86 valence electrons. The molecule has 0 spiro atoms. The van der Waals surface area contributed by atoms with Crippen molar-refractivity contribution in [1.29, 1.82) is 0 Å². The number of hydrogen-bond acceptors (Lipinski definition) is 1. The lowest BCUT2D eigenvalue weighted by Gasteiger charge is -2.23. The average molecular weight is 216 g/mol. The van der Waals surface area contributed by atoms with Gasteiger partial charge in [-0.15, -0.1) is 0 Å². The molecule has 0 N–H and O–H groups in total. The highest BCUT2D eigenvalue weighted by atomic mass is 16.5. The summed E-state index contributed by atoms with van der Waals surface area (Å²) in [7, 11) is 0. The van der Waals surface area contributed by atoms with Crippen LogP contribution in [0.1, 0.15) is 44.6 Å². The van der Waals surface area contributed by atoms with Crippen LogP contribution in [0.5, 0.6) is 5.75 Å². The fourth-order valence-electron chi connectivity index (χ4n) is 2.19. The van der Waals surface area contributed by atoms with Crippen molar-refractivity contribution in [1.82, 2.24) is 0 Å². The summed E-state index contributed by atoms with van der Waals surface area (Å²) in [6, 6.07) is 8.28. The topological polar surface area (TPSA) is 9.23 Å². The second-order valence-electron chi connectivity index (χ2n) is 4.68. The molecule has 0 aliphatic heterocycles. The molecular weight excluding hydrogens is 196 g/mol. The van der Waals surface area contributed by atoms with Gasteiger partial charge in [0, 0.05) is 0 Å². The molecule has 1 aliphatic carbocycles. The molecule has 1 saturated carbocycles. The summed E-state index contributed by atoms with van der Waals surface area (Å²) in [4.78, 5) is 0. The zero-order valence-electron chi connectivity index (χ0n) is 10.0. The van der Waals surface area contributed by atoms with Crippen LogP contribution in [0.25, 0.3) is 5.57 Å². The zero-order chi connectivity index (χ0) is 11.4. The zero-order valence-corrected chi connectivity index (χ0v) is 10.0. The summed E-state index contributed by atoms with van der Waals surface area (Å²) in [5, 5.41) is 0. The third-order valence-electron chi connectivity index (χ3n) is 3.20. The van der Waals surface area contributed by atoms with Crippen LogP contribution in [-0.2, 0) is 0 Å². The lowest BCUT2D eigenvalue weighted by atomic mass is 9.98. The highest BCUT2D eigenvalue weighted by Gasteiger charge is 2.14. The molecule has 1 aromatic rings. The van der Waals surface area contributed by atoms with Gasteiger partial charge in [0.15, 0.2) is 0 Å². The maximum atomic E-state index is 5.96. The van der Waals surface area contributed by atoms with Gasteiger partial charge in [-0.05, 0) is 50.3 Å². The van der Waals surface area contributed by atoms with E-state index in [1.54, 1.807) is 0 Å². The first kappa shape index (κ1) is 11.3. The Balaban J connectivity index is 1.96. The molecule has 0 atom stereocenters. The molecule has 0 saturated heterocycles. The standard InChI is InChI=1S/C15H20O/c1-12(2)13-8-10-15(11-9-13)16-14-6-4-3-5-7-14/h8-11,14H,1,3-7H2,2H3. The van der Waals surface area contributed by atoms with Gasteiger partial charge in [-0.2, -0.15) is 0 Å². The van der Waals surface area contributed by atoms with Crippen molar-refractivity contribution in [3.8, 4) is 5.75 Å². The predicted molar refractivity (Wildman–Crippen MR) is 68.7 cm³/mol. The van der Waals surface area contributed by atoms with Gasteiger partial charge in [-0.1, -0.05) is 30.7 Å². The van der Waals surface area contributed by atoms with Crippen LogP contribution in [0.15, 0.2) is 30.8 Å². The van der Waals surface area contributed by atoms with E-state index in [1.165, 1.54) is 37.7 Å². The van der Waals surface area contributed by atoms with Crippen molar-refractivity contribution in [3.63, 3.8) is 0 Å². The van der Waals surface area contributed by atoms with E-state index in [9.17, 15) is 0 Å². The SMILES string of the molecule is C=C(C)c1ccc(OC2CCCCC2)cc1. The van der Waals surface area contributed by atoms with Crippen molar-refractivity contribution in [2.45, 2.75) is 45.1 Å². The van der Waals surface area contributed by atoms with Crippen LogP contribution in [0.4, 0.5) is 0 Å². The Morgan fingerprint density at radius 1 is 1.12 bits per heavy atom. The van der Waals surface area contributed by atoms with E-state index in [4.69, 9.17) is 4.74 Å². The molecule has 2 rings (SSSR count). The maximum absolute atomic E-state index is 5.96. The molecule has 0 heterocycles. The van der Waals surface area contributed by atoms with Gasteiger partial charge in [0.2, 0.25) is 0 Å². The minimum absolute atomic E-state index is 0.435. The smallest absolute Gasteiger partial charge is 0.119 e. The lowest BCUT2D eigenvalue weighted by molar-refractivity contribution is 0.155. The van der Waals surface area contributed by atoms with E-state index in [0.717, 1.165) is 11.3 Å². The van der Waals surface area contributed by atoms with Crippen molar-refractivity contribution >= 4 is 5.57 Å². The molecule has 0 bridgehead atoms. The Kier molecular flexibility index (Phi) is 3.66. The molecular formula is C15H20O. The second kappa shape index (κ2) is 5.20. The van der Waals surface area contributed by atoms with Crippen molar-refractivity contribution in [2.24, 2.45) is 0 Å².